The van der Waals surface area contributed by atoms with Gasteiger partial charge in [0, 0.05) is 51.8 Å². The van der Waals surface area contributed by atoms with Gasteiger partial charge in [0.2, 0.25) is 0 Å². The molecule has 226 valence electrons. The Balaban J connectivity index is 1.48. The predicted octanol–water partition coefficient (Wildman–Crippen LogP) is 0.0752. The number of fused-ring (bicyclic) bond motifs is 2. The highest BCUT2D eigenvalue weighted by molar-refractivity contribution is 5.95. The summed E-state index contributed by atoms with van der Waals surface area (Å²) in [5, 5.41) is 51.8. The van der Waals surface area contributed by atoms with Gasteiger partial charge in [0.15, 0.2) is 5.60 Å². The van der Waals surface area contributed by atoms with Gasteiger partial charge >= 0.3 is 5.97 Å². The Bertz CT molecular complexity index is 1280. The van der Waals surface area contributed by atoms with E-state index in [1.54, 1.807) is 31.4 Å². The first kappa shape index (κ1) is 28.0. The van der Waals surface area contributed by atoms with Crippen molar-refractivity contribution in [2.75, 3.05) is 40.2 Å². The maximum absolute atomic E-state index is 13.7. The van der Waals surface area contributed by atoms with E-state index in [0.29, 0.717) is 31.6 Å². The number of hydrogen-bond donors (Lipinski definition) is 5. The lowest BCUT2D eigenvalue weighted by Crippen LogP contribution is -2.93. The molecule has 12 atom stereocenters. The van der Waals surface area contributed by atoms with Crippen molar-refractivity contribution in [1.82, 2.24) is 4.90 Å². The van der Waals surface area contributed by atoms with Crippen LogP contribution in [0.25, 0.3) is 0 Å². The average Bonchev–Trinajstić information content (AvgIpc) is 3.30. The third-order valence-corrected chi connectivity index (χ3v) is 12.6. The van der Waals surface area contributed by atoms with Crippen molar-refractivity contribution >= 4 is 11.7 Å². The van der Waals surface area contributed by atoms with Gasteiger partial charge in [-0.05, 0) is 44.4 Å². The van der Waals surface area contributed by atoms with Crippen molar-refractivity contribution in [1.29, 1.82) is 0 Å². The minimum Gasteiger partial charge on any atom is -0.454 e. The molecule has 1 aromatic rings. The number of anilines is 1. The van der Waals surface area contributed by atoms with Gasteiger partial charge in [-0.2, -0.15) is 0 Å². The summed E-state index contributed by atoms with van der Waals surface area (Å²) in [5.74, 6) is -1.67. The molecule has 7 bridgehead atoms. The van der Waals surface area contributed by atoms with Gasteiger partial charge in [0.25, 0.3) is 0 Å². The van der Waals surface area contributed by atoms with Crippen molar-refractivity contribution in [3.8, 4) is 0 Å². The van der Waals surface area contributed by atoms with Crippen LogP contribution in [0.4, 0.5) is 5.69 Å². The number of esters is 1. The molecule has 0 amide bonds. The zero-order valence-electron chi connectivity index (χ0n) is 24.1. The lowest BCUT2D eigenvalue weighted by atomic mass is 9.41. The predicted molar refractivity (Wildman–Crippen MR) is 145 cm³/mol. The minimum atomic E-state index is -2.24. The molecule has 41 heavy (non-hydrogen) atoms. The second kappa shape index (κ2) is 8.41. The second-order valence-corrected chi connectivity index (χ2v) is 13.4. The maximum Gasteiger partial charge on any atom is 0.340 e. The Kier molecular flexibility index (Phi) is 5.74. The SMILES string of the molecule is CCN1C[C@@]2(OC(=O)c3ccccc3N)CC[C@H](OC)[C@@]34[C@@H]2C[C@@](O)([C@@H]13)[C@]1(O)C[C@H](OC)[C@@H]2C[C@]4(O)[C@]1(O)[C@H]2OC. The quantitative estimate of drug-likeness (QED) is 0.231. The van der Waals surface area contributed by atoms with Crippen molar-refractivity contribution in [3.63, 3.8) is 0 Å². The molecule has 0 unspecified atom stereocenters. The highest BCUT2D eigenvalue weighted by Crippen LogP contribution is 2.81. The fourth-order valence-corrected chi connectivity index (χ4v) is 11.3. The fourth-order valence-electron chi connectivity index (χ4n) is 11.3. The van der Waals surface area contributed by atoms with Gasteiger partial charge in [0.1, 0.15) is 22.4 Å². The number of ether oxygens (including phenoxy) is 4. The van der Waals surface area contributed by atoms with Crippen LogP contribution in [0, 0.1) is 17.3 Å². The number of carbonyl (C=O) groups is 1. The first-order valence-corrected chi connectivity index (χ1v) is 14.7. The number of nitrogen functional groups attached to an aromatic ring is 1. The van der Waals surface area contributed by atoms with E-state index in [4.69, 9.17) is 24.7 Å². The Hall–Kier alpha value is -1.83. The van der Waals surface area contributed by atoms with Gasteiger partial charge in [-0.3, -0.25) is 4.90 Å². The van der Waals surface area contributed by atoms with Crippen LogP contribution in [0.15, 0.2) is 24.3 Å². The fraction of sp³-hybridized carbons (Fsp3) is 0.767. The molecule has 1 aromatic carbocycles. The Morgan fingerprint density at radius 1 is 1.02 bits per heavy atom. The summed E-state index contributed by atoms with van der Waals surface area (Å²) in [6, 6.07) is 5.94. The second-order valence-electron chi connectivity index (χ2n) is 13.4. The van der Waals surface area contributed by atoms with Gasteiger partial charge in [-0.1, -0.05) is 19.1 Å². The summed E-state index contributed by atoms with van der Waals surface area (Å²) in [7, 11) is 4.56. The van der Waals surface area contributed by atoms with Crippen LogP contribution in [-0.4, -0.2) is 118 Å². The summed E-state index contributed by atoms with van der Waals surface area (Å²) in [5.41, 5.74) is -4.06. The molecule has 7 rings (SSSR count). The number of benzene rings is 1. The summed E-state index contributed by atoms with van der Waals surface area (Å²) >= 11 is 0. The first-order valence-electron chi connectivity index (χ1n) is 14.7. The molecule has 0 radical (unpaired) electrons. The van der Waals surface area contributed by atoms with Gasteiger partial charge in [0.05, 0.1) is 35.3 Å². The van der Waals surface area contributed by atoms with Crippen LogP contribution < -0.4 is 5.73 Å². The smallest absolute Gasteiger partial charge is 0.340 e. The molecule has 1 heterocycles. The van der Waals surface area contributed by atoms with Crippen molar-refractivity contribution in [3.05, 3.63) is 29.8 Å². The third-order valence-electron chi connectivity index (χ3n) is 12.6. The van der Waals surface area contributed by atoms with Crippen LogP contribution in [0.5, 0.6) is 0 Å². The largest absolute Gasteiger partial charge is 0.454 e. The summed E-state index contributed by atoms with van der Waals surface area (Å²) in [4.78, 5) is 15.8. The van der Waals surface area contributed by atoms with E-state index in [-0.39, 0.29) is 24.8 Å². The molecule has 6 aliphatic rings. The van der Waals surface area contributed by atoms with Crippen LogP contribution in [0.2, 0.25) is 0 Å². The van der Waals surface area contributed by atoms with Gasteiger partial charge in [-0.25, -0.2) is 4.79 Å². The molecular weight excluding hydrogens is 532 g/mol. The number of methoxy groups -OCH3 is 3. The lowest BCUT2D eigenvalue weighted by molar-refractivity contribution is -0.408. The summed E-state index contributed by atoms with van der Waals surface area (Å²) in [6.45, 7) is 2.69. The molecule has 1 spiro atoms. The molecule has 5 aliphatic carbocycles. The number of carbonyl (C=O) groups excluding carboxylic acids is 1. The molecule has 1 saturated heterocycles. The number of hydrogen-bond acceptors (Lipinski definition) is 11. The van der Waals surface area contributed by atoms with Crippen molar-refractivity contribution in [2.24, 2.45) is 17.3 Å². The summed E-state index contributed by atoms with van der Waals surface area (Å²) < 4.78 is 24.4. The van der Waals surface area contributed by atoms with Gasteiger partial charge < -0.3 is 45.1 Å². The number of likely N-dealkylation sites (tertiary alicyclic amines) is 1. The number of nitrogens with two attached hydrogens (primary N) is 1. The topological polar surface area (TPSA) is 164 Å². The normalized spacial score (nSPS) is 52.9. The molecule has 0 aromatic heterocycles. The number of para-hydroxylation sites is 1. The van der Waals surface area contributed by atoms with Crippen LogP contribution >= 0.6 is 0 Å². The maximum atomic E-state index is 13.7. The third kappa shape index (κ3) is 2.69. The zero-order chi connectivity index (χ0) is 29.4. The molecular formula is C30H42N2O9. The number of nitrogens with zero attached hydrogens (tertiary/aromatic N) is 1. The molecule has 11 nitrogen and oxygen atoms in total. The highest BCUT2D eigenvalue weighted by Gasteiger charge is 2.98. The van der Waals surface area contributed by atoms with Crippen LogP contribution in [-0.2, 0) is 18.9 Å². The van der Waals surface area contributed by atoms with E-state index in [0.717, 1.165) is 0 Å². The van der Waals surface area contributed by atoms with Crippen molar-refractivity contribution < 1.29 is 44.2 Å². The van der Waals surface area contributed by atoms with E-state index < -0.39 is 75.6 Å². The molecule has 6 N–H and O–H groups in total. The average molecular weight is 575 g/mol. The standard InChI is InChI=1S/C30H42N2O9/c1-5-32-15-25(41-23(33)16-8-6-7-9-18(16)31)11-10-21(39-3)29-20(25)14-26(34,24(29)32)27(35)13-19(38-2)17-12-28(29,36)30(27,37)22(17)40-4/h6-9,17,19-22,24,34-37H,5,10-15,31H2,1-4H3/t17-,19-,20+,21-,22-,24+,25-,26+,27+,28+,29-,30-/m0/s1. The van der Waals surface area contributed by atoms with E-state index >= 15 is 0 Å². The Morgan fingerprint density at radius 3 is 2.39 bits per heavy atom. The van der Waals surface area contributed by atoms with E-state index in [9.17, 15) is 25.2 Å². The van der Waals surface area contributed by atoms with Gasteiger partial charge in [-0.15, -0.1) is 0 Å². The molecule has 5 saturated carbocycles. The molecule has 6 fully saturated rings. The Labute approximate surface area is 239 Å². The number of piperidine rings is 1. The van der Waals surface area contributed by atoms with Crippen LogP contribution in [0.3, 0.4) is 0 Å². The molecule has 1 aliphatic heterocycles. The van der Waals surface area contributed by atoms with E-state index in [1.807, 2.05) is 11.8 Å². The minimum absolute atomic E-state index is 0.00969. The van der Waals surface area contributed by atoms with E-state index in [1.165, 1.54) is 14.2 Å². The lowest BCUT2D eigenvalue weighted by Gasteiger charge is -2.74. The van der Waals surface area contributed by atoms with Crippen molar-refractivity contribution in [2.45, 2.75) is 91.4 Å². The zero-order valence-corrected chi connectivity index (χ0v) is 24.1. The van der Waals surface area contributed by atoms with E-state index in [2.05, 4.69) is 0 Å². The number of aliphatic hydroxyl groups is 4. The highest BCUT2D eigenvalue weighted by atomic mass is 16.6. The molecule has 11 heteroatoms. The first-order chi connectivity index (χ1) is 19.4. The van der Waals surface area contributed by atoms with Crippen LogP contribution in [0.1, 0.15) is 49.4 Å². The monoisotopic (exact) mass is 574 g/mol. The summed E-state index contributed by atoms with van der Waals surface area (Å²) in [6.07, 6.45) is -1.36. The number of likely N-dealkylation sites (N-methyl/N-ethyl adjacent to an activating group) is 1. The Morgan fingerprint density at radius 2 is 1.76 bits per heavy atom. The number of rotatable bonds is 6.